The maximum Gasteiger partial charge on any atom is 0.240 e. The minimum Gasteiger partial charge on any atom is -0.380 e. The first-order chi connectivity index (χ1) is 9.31. The summed E-state index contributed by atoms with van der Waals surface area (Å²) in [5, 5.41) is 3.92. The van der Waals surface area contributed by atoms with Crippen LogP contribution in [-0.2, 0) is 17.8 Å². The van der Waals surface area contributed by atoms with Gasteiger partial charge in [-0.2, -0.15) is 4.98 Å². The Labute approximate surface area is 113 Å². The SMILES string of the molecule is CCOCCN1CCN(Cc2noc(CN)n2)CC1. The Morgan fingerprint density at radius 2 is 2.00 bits per heavy atom. The van der Waals surface area contributed by atoms with Gasteiger partial charge in [-0.05, 0) is 6.92 Å². The number of hydrogen-bond acceptors (Lipinski definition) is 7. The van der Waals surface area contributed by atoms with E-state index in [1.165, 1.54) is 0 Å². The molecule has 0 amide bonds. The van der Waals surface area contributed by atoms with Gasteiger partial charge in [0.1, 0.15) is 0 Å². The lowest BCUT2D eigenvalue weighted by Crippen LogP contribution is -2.46. The van der Waals surface area contributed by atoms with E-state index in [0.717, 1.165) is 58.3 Å². The highest BCUT2D eigenvalue weighted by Gasteiger charge is 2.18. The van der Waals surface area contributed by atoms with Crippen molar-refractivity contribution >= 4 is 0 Å². The number of aromatic nitrogens is 2. The average molecular weight is 269 g/mol. The van der Waals surface area contributed by atoms with Crippen LogP contribution in [0.15, 0.2) is 4.52 Å². The van der Waals surface area contributed by atoms with Gasteiger partial charge in [-0.3, -0.25) is 9.80 Å². The number of rotatable bonds is 7. The molecule has 7 heteroatoms. The minimum absolute atomic E-state index is 0.304. The molecule has 0 atom stereocenters. The van der Waals surface area contributed by atoms with Crippen LogP contribution < -0.4 is 5.73 Å². The Hall–Kier alpha value is -1.02. The van der Waals surface area contributed by atoms with Gasteiger partial charge in [-0.25, -0.2) is 0 Å². The number of nitrogens with two attached hydrogens (primary N) is 1. The number of ether oxygens (including phenoxy) is 1. The first kappa shape index (κ1) is 14.4. The fourth-order valence-electron chi connectivity index (χ4n) is 2.15. The van der Waals surface area contributed by atoms with Gasteiger partial charge in [0.15, 0.2) is 5.82 Å². The van der Waals surface area contributed by atoms with Gasteiger partial charge in [0, 0.05) is 39.3 Å². The topological polar surface area (TPSA) is 80.7 Å². The maximum atomic E-state index is 5.44. The summed E-state index contributed by atoms with van der Waals surface area (Å²) in [5.41, 5.74) is 5.44. The number of piperazine rings is 1. The van der Waals surface area contributed by atoms with E-state index >= 15 is 0 Å². The normalized spacial score (nSPS) is 18.0. The molecular weight excluding hydrogens is 246 g/mol. The van der Waals surface area contributed by atoms with Crippen LogP contribution in [0.4, 0.5) is 0 Å². The summed E-state index contributed by atoms with van der Waals surface area (Å²) < 4.78 is 10.4. The fraction of sp³-hybridized carbons (Fsp3) is 0.833. The van der Waals surface area contributed by atoms with E-state index in [4.69, 9.17) is 15.0 Å². The molecule has 7 nitrogen and oxygen atoms in total. The van der Waals surface area contributed by atoms with Crippen LogP contribution in [0.2, 0.25) is 0 Å². The third-order valence-electron chi connectivity index (χ3n) is 3.27. The molecule has 19 heavy (non-hydrogen) atoms. The Morgan fingerprint density at radius 3 is 2.63 bits per heavy atom. The van der Waals surface area contributed by atoms with E-state index in [9.17, 15) is 0 Å². The van der Waals surface area contributed by atoms with Gasteiger partial charge in [0.25, 0.3) is 0 Å². The molecule has 1 fully saturated rings. The van der Waals surface area contributed by atoms with Crippen LogP contribution >= 0.6 is 0 Å². The molecule has 0 radical (unpaired) electrons. The van der Waals surface area contributed by atoms with Crippen LogP contribution in [-0.4, -0.2) is 65.9 Å². The quantitative estimate of drug-likeness (QED) is 0.680. The maximum absolute atomic E-state index is 5.44. The van der Waals surface area contributed by atoms with E-state index in [1.54, 1.807) is 0 Å². The summed E-state index contributed by atoms with van der Waals surface area (Å²) in [6.45, 7) is 9.88. The highest BCUT2D eigenvalue weighted by Crippen LogP contribution is 2.06. The van der Waals surface area contributed by atoms with Gasteiger partial charge in [0.05, 0.1) is 19.7 Å². The van der Waals surface area contributed by atoms with Gasteiger partial charge in [-0.15, -0.1) is 0 Å². The standard InChI is InChI=1S/C12H23N5O2/c1-2-18-8-7-16-3-5-17(6-4-16)10-11-14-12(9-13)19-15-11/h2-10,13H2,1H3. The van der Waals surface area contributed by atoms with Gasteiger partial charge >= 0.3 is 0 Å². The molecule has 0 aromatic carbocycles. The molecule has 2 rings (SSSR count). The number of nitrogens with zero attached hydrogens (tertiary/aromatic N) is 4. The Morgan fingerprint density at radius 1 is 1.26 bits per heavy atom. The highest BCUT2D eigenvalue weighted by atomic mass is 16.5. The molecule has 0 unspecified atom stereocenters. The predicted molar refractivity (Wildman–Crippen MR) is 70.4 cm³/mol. The molecular formula is C12H23N5O2. The van der Waals surface area contributed by atoms with Crippen molar-refractivity contribution in [2.24, 2.45) is 5.73 Å². The van der Waals surface area contributed by atoms with Crippen LogP contribution in [0.3, 0.4) is 0 Å². The highest BCUT2D eigenvalue weighted by molar-refractivity contribution is 4.86. The Kier molecular flexibility index (Phi) is 5.71. The zero-order chi connectivity index (χ0) is 13.5. The van der Waals surface area contributed by atoms with Crippen molar-refractivity contribution in [1.29, 1.82) is 0 Å². The summed E-state index contributed by atoms with van der Waals surface area (Å²) in [6.07, 6.45) is 0. The summed E-state index contributed by atoms with van der Waals surface area (Å²) in [5.74, 6) is 1.23. The van der Waals surface area contributed by atoms with Crippen LogP contribution in [0.25, 0.3) is 0 Å². The summed E-state index contributed by atoms with van der Waals surface area (Å²) in [6, 6.07) is 0. The second-order valence-electron chi connectivity index (χ2n) is 4.62. The Balaban J connectivity index is 1.68. The van der Waals surface area contributed by atoms with E-state index < -0.39 is 0 Å². The van der Waals surface area contributed by atoms with Crippen LogP contribution in [0, 0.1) is 0 Å². The van der Waals surface area contributed by atoms with Crippen molar-refractivity contribution < 1.29 is 9.26 Å². The van der Waals surface area contributed by atoms with E-state index in [-0.39, 0.29) is 0 Å². The van der Waals surface area contributed by atoms with Crippen LogP contribution in [0.5, 0.6) is 0 Å². The van der Waals surface area contributed by atoms with Gasteiger partial charge in [-0.1, -0.05) is 5.16 Å². The smallest absolute Gasteiger partial charge is 0.240 e. The van der Waals surface area contributed by atoms with Crippen molar-refractivity contribution in [2.45, 2.75) is 20.0 Å². The molecule has 1 saturated heterocycles. The van der Waals surface area contributed by atoms with Crippen molar-refractivity contribution in [3.63, 3.8) is 0 Å². The van der Waals surface area contributed by atoms with Crippen molar-refractivity contribution in [2.75, 3.05) is 45.9 Å². The van der Waals surface area contributed by atoms with Crippen LogP contribution in [0.1, 0.15) is 18.6 Å². The minimum atomic E-state index is 0.304. The zero-order valence-electron chi connectivity index (χ0n) is 11.5. The molecule has 0 bridgehead atoms. The van der Waals surface area contributed by atoms with Gasteiger partial charge < -0.3 is 15.0 Å². The van der Waals surface area contributed by atoms with Crippen molar-refractivity contribution in [1.82, 2.24) is 19.9 Å². The van der Waals surface area contributed by atoms with E-state index in [1.807, 2.05) is 6.92 Å². The third kappa shape index (κ3) is 4.54. The predicted octanol–water partition coefficient (Wildman–Crippen LogP) is -0.318. The largest absolute Gasteiger partial charge is 0.380 e. The molecule has 0 saturated carbocycles. The lowest BCUT2D eigenvalue weighted by atomic mass is 10.3. The molecule has 108 valence electrons. The summed E-state index contributed by atoms with van der Waals surface area (Å²) >= 11 is 0. The molecule has 2 heterocycles. The first-order valence-electron chi connectivity index (χ1n) is 6.85. The summed E-state index contributed by atoms with van der Waals surface area (Å²) in [4.78, 5) is 8.98. The second-order valence-corrected chi connectivity index (χ2v) is 4.62. The van der Waals surface area contributed by atoms with Crippen molar-refractivity contribution in [3.05, 3.63) is 11.7 Å². The third-order valence-corrected chi connectivity index (χ3v) is 3.27. The molecule has 0 spiro atoms. The lowest BCUT2D eigenvalue weighted by Gasteiger charge is -2.33. The molecule has 1 aliphatic heterocycles. The van der Waals surface area contributed by atoms with E-state index in [0.29, 0.717) is 12.4 Å². The molecule has 2 N–H and O–H groups in total. The molecule has 0 aliphatic carbocycles. The van der Waals surface area contributed by atoms with Gasteiger partial charge in [0.2, 0.25) is 5.89 Å². The first-order valence-corrected chi connectivity index (χ1v) is 6.85. The molecule has 1 aromatic rings. The molecule has 1 aliphatic rings. The monoisotopic (exact) mass is 269 g/mol. The van der Waals surface area contributed by atoms with Crippen molar-refractivity contribution in [3.8, 4) is 0 Å². The Bertz CT molecular complexity index is 363. The van der Waals surface area contributed by atoms with E-state index in [2.05, 4.69) is 19.9 Å². The summed E-state index contributed by atoms with van der Waals surface area (Å²) in [7, 11) is 0. The lowest BCUT2D eigenvalue weighted by molar-refractivity contribution is 0.0775. The second kappa shape index (κ2) is 7.54. The number of hydrogen-bond donors (Lipinski definition) is 1. The molecule has 1 aromatic heterocycles. The fourth-order valence-corrected chi connectivity index (χ4v) is 2.15. The zero-order valence-corrected chi connectivity index (χ0v) is 11.5. The average Bonchev–Trinajstić information content (AvgIpc) is 2.89.